The predicted octanol–water partition coefficient (Wildman–Crippen LogP) is 7.31. The van der Waals surface area contributed by atoms with Gasteiger partial charge < -0.3 is 0 Å². The second-order valence-corrected chi connectivity index (χ2v) is 7.73. The third-order valence-electron chi connectivity index (χ3n) is 6.33. The molecule has 2 rings (SSSR count). The Balaban J connectivity index is 2.18. The van der Waals surface area contributed by atoms with Crippen LogP contribution in [0.25, 0.3) is 5.57 Å². The van der Waals surface area contributed by atoms with Gasteiger partial charge in [0.05, 0.1) is 6.33 Å². The van der Waals surface area contributed by atoms with E-state index < -0.39 is 0 Å². The second kappa shape index (κ2) is 8.14. The zero-order valence-electron chi connectivity index (χ0n) is 16.3. The van der Waals surface area contributed by atoms with E-state index in [2.05, 4.69) is 47.6 Å². The summed E-state index contributed by atoms with van der Waals surface area (Å²) >= 11 is 0. The van der Waals surface area contributed by atoms with Crippen LogP contribution in [0.5, 0.6) is 0 Å². The fourth-order valence-corrected chi connectivity index (χ4v) is 4.36. The van der Waals surface area contributed by atoms with Gasteiger partial charge in [0.1, 0.15) is 0 Å². The minimum atomic E-state index is 0.675. The molecule has 0 aliphatic heterocycles. The number of hydrogen-bond acceptors (Lipinski definition) is 0. The zero-order valence-corrected chi connectivity index (χ0v) is 16.3. The summed E-state index contributed by atoms with van der Waals surface area (Å²) in [5, 5.41) is 0. The van der Waals surface area contributed by atoms with Crippen LogP contribution in [0.4, 0.5) is 4.39 Å². The molecule has 1 aliphatic carbocycles. The lowest BCUT2D eigenvalue weighted by molar-refractivity contribution is 0.312. The molecule has 0 N–H and O–H groups in total. The number of benzene rings is 1. The van der Waals surface area contributed by atoms with Gasteiger partial charge in [-0.25, -0.2) is 4.39 Å². The molecule has 1 aliphatic rings. The van der Waals surface area contributed by atoms with Crippen molar-refractivity contribution in [3.05, 3.63) is 51.9 Å². The molecule has 0 spiro atoms. The van der Waals surface area contributed by atoms with Gasteiger partial charge >= 0.3 is 0 Å². The highest BCUT2D eigenvalue weighted by atomic mass is 19.1. The van der Waals surface area contributed by atoms with Crippen molar-refractivity contribution in [2.75, 3.05) is 0 Å². The minimum Gasteiger partial charge on any atom is -0.216 e. The van der Waals surface area contributed by atoms with E-state index in [4.69, 9.17) is 0 Å². The molecular formula is C23H33F. The molecule has 0 radical (unpaired) electrons. The Labute approximate surface area is 147 Å². The van der Waals surface area contributed by atoms with Gasteiger partial charge in [-0.3, -0.25) is 0 Å². The molecule has 1 aromatic rings. The van der Waals surface area contributed by atoms with E-state index >= 15 is 0 Å². The Kier molecular flexibility index (Phi) is 6.43. The van der Waals surface area contributed by atoms with Gasteiger partial charge in [0.2, 0.25) is 0 Å². The van der Waals surface area contributed by atoms with Gasteiger partial charge in [-0.15, -0.1) is 0 Å². The van der Waals surface area contributed by atoms with Crippen LogP contribution >= 0.6 is 0 Å². The Morgan fingerprint density at radius 2 is 1.38 bits per heavy atom. The summed E-state index contributed by atoms with van der Waals surface area (Å²) < 4.78 is 12.2. The first-order valence-electron chi connectivity index (χ1n) is 9.37. The Hall–Kier alpha value is -1.37. The maximum atomic E-state index is 12.2. The van der Waals surface area contributed by atoms with E-state index in [-0.39, 0.29) is 0 Å². The topological polar surface area (TPSA) is 0 Å². The summed E-state index contributed by atoms with van der Waals surface area (Å²) in [4.78, 5) is 0. The van der Waals surface area contributed by atoms with Crippen molar-refractivity contribution in [2.24, 2.45) is 11.8 Å². The van der Waals surface area contributed by atoms with Gasteiger partial charge in [-0.05, 0) is 124 Å². The number of halogens is 1. The van der Waals surface area contributed by atoms with Crippen LogP contribution in [0.15, 0.2) is 18.5 Å². The lowest BCUT2D eigenvalue weighted by Crippen LogP contribution is -2.13. The Morgan fingerprint density at radius 3 is 1.88 bits per heavy atom. The molecule has 1 fully saturated rings. The molecule has 0 aromatic heterocycles. The molecule has 1 aromatic carbocycles. The number of hydrogen-bond donors (Lipinski definition) is 0. The Morgan fingerprint density at radius 1 is 0.875 bits per heavy atom. The van der Waals surface area contributed by atoms with Crippen molar-refractivity contribution in [1.29, 1.82) is 0 Å². The third kappa shape index (κ3) is 3.99. The van der Waals surface area contributed by atoms with E-state index in [1.807, 2.05) is 0 Å². The fraction of sp³-hybridized carbons (Fsp3) is 0.565. The van der Waals surface area contributed by atoms with Crippen molar-refractivity contribution < 1.29 is 4.39 Å². The normalized spacial score (nSPS) is 22.4. The predicted molar refractivity (Wildman–Crippen MR) is 104 cm³/mol. The second-order valence-electron chi connectivity index (χ2n) is 7.73. The fourth-order valence-electron chi connectivity index (χ4n) is 4.36. The molecule has 0 saturated heterocycles. The summed E-state index contributed by atoms with van der Waals surface area (Å²) in [6, 6.07) is 0. The number of rotatable bonds is 4. The lowest BCUT2D eigenvalue weighted by atomic mass is 9.78. The quantitative estimate of drug-likeness (QED) is 0.543. The number of allylic oxidation sites excluding steroid dienone is 3. The van der Waals surface area contributed by atoms with Crippen LogP contribution in [-0.4, -0.2) is 0 Å². The van der Waals surface area contributed by atoms with Crippen LogP contribution in [0.2, 0.25) is 0 Å². The van der Waals surface area contributed by atoms with Crippen molar-refractivity contribution >= 4 is 5.57 Å². The highest BCUT2D eigenvalue weighted by molar-refractivity contribution is 5.72. The van der Waals surface area contributed by atoms with Crippen molar-refractivity contribution in [2.45, 2.75) is 73.6 Å². The van der Waals surface area contributed by atoms with E-state index in [1.165, 1.54) is 64.6 Å². The van der Waals surface area contributed by atoms with Gasteiger partial charge in [-0.2, -0.15) is 0 Å². The van der Waals surface area contributed by atoms with Gasteiger partial charge in [-0.1, -0.05) is 12.2 Å². The summed E-state index contributed by atoms with van der Waals surface area (Å²) in [6.45, 7) is 13.5. The van der Waals surface area contributed by atoms with E-state index in [9.17, 15) is 4.39 Å². The Bertz CT molecular complexity index is 611. The van der Waals surface area contributed by atoms with Crippen LogP contribution in [0, 0.1) is 46.5 Å². The van der Waals surface area contributed by atoms with Crippen molar-refractivity contribution in [3.63, 3.8) is 0 Å². The van der Waals surface area contributed by atoms with Crippen LogP contribution in [0.3, 0.4) is 0 Å². The van der Waals surface area contributed by atoms with E-state index in [0.717, 1.165) is 6.42 Å². The van der Waals surface area contributed by atoms with E-state index in [0.29, 0.717) is 18.2 Å². The molecule has 0 nitrogen and oxygen atoms in total. The average Bonchev–Trinajstić information content (AvgIpc) is 2.58. The van der Waals surface area contributed by atoms with Crippen LogP contribution < -0.4 is 0 Å². The maximum Gasteiger partial charge on any atom is 0.0827 e. The first-order chi connectivity index (χ1) is 11.4. The van der Waals surface area contributed by atoms with Crippen LogP contribution in [0.1, 0.15) is 72.4 Å². The van der Waals surface area contributed by atoms with Crippen molar-refractivity contribution in [3.8, 4) is 0 Å². The molecule has 0 heterocycles. The highest BCUT2D eigenvalue weighted by Crippen LogP contribution is 2.36. The summed E-state index contributed by atoms with van der Waals surface area (Å²) in [7, 11) is 0. The molecule has 0 unspecified atom stereocenters. The third-order valence-corrected chi connectivity index (χ3v) is 6.33. The maximum absolute atomic E-state index is 12.2. The SMILES string of the molecule is CC(=CC1CCC(C/C=C/F)CC1)c1c(C)c(C)c(C)c(C)c1C. The molecule has 1 heteroatoms. The van der Waals surface area contributed by atoms with Gasteiger partial charge in [0, 0.05) is 0 Å². The largest absolute Gasteiger partial charge is 0.216 e. The van der Waals surface area contributed by atoms with Crippen LogP contribution in [-0.2, 0) is 0 Å². The molecule has 1 saturated carbocycles. The molecule has 24 heavy (non-hydrogen) atoms. The molecule has 132 valence electrons. The first-order valence-corrected chi connectivity index (χ1v) is 9.37. The average molecular weight is 329 g/mol. The summed E-state index contributed by atoms with van der Waals surface area (Å²) in [6.07, 6.45) is 10.7. The van der Waals surface area contributed by atoms with Gasteiger partial charge in [0.25, 0.3) is 0 Å². The van der Waals surface area contributed by atoms with Crippen molar-refractivity contribution in [1.82, 2.24) is 0 Å². The van der Waals surface area contributed by atoms with E-state index in [1.54, 1.807) is 6.08 Å². The molecule has 0 atom stereocenters. The smallest absolute Gasteiger partial charge is 0.0827 e. The summed E-state index contributed by atoms with van der Waals surface area (Å²) in [5.74, 6) is 1.35. The highest BCUT2D eigenvalue weighted by Gasteiger charge is 2.20. The standard InChI is InChI=1S/C23H33F/c1-15(14-22-11-9-21(10-12-22)8-7-13-24)23-19(5)17(3)16(2)18(4)20(23)6/h7,13-14,21-22H,8-12H2,1-6H3/b13-7+,15-14?. The minimum absolute atomic E-state index is 0.675. The molecule has 0 bridgehead atoms. The summed E-state index contributed by atoms with van der Waals surface area (Å²) in [5.41, 5.74) is 10.1. The molecular weight excluding hydrogens is 295 g/mol. The van der Waals surface area contributed by atoms with Gasteiger partial charge in [0.15, 0.2) is 0 Å². The lowest BCUT2D eigenvalue weighted by Gasteiger charge is -2.27. The zero-order chi connectivity index (χ0) is 17.9. The molecule has 0 amide bonds. The first kappa shape index (κ1) is 19.0. The monoisotopic (exact) mass is 328 g/mol.